The van der Waals surface area contributed by atoms with Crippen LogP contribution in [0.5, 0.6) is 0 Å². The molecule has 0 N–H and O–H groups in total. The Morgan fingerprint density at radius 1 is 1.24 bits per heavy atom. The zero-order chi connectivity index (χ0) is 17.1. The summed E-state index contributed by atoms with van der Waals surface area (Å²) in [5.74, 6) is 1.99. The van der Waals surface area contributed by atoms with E-state index in [0.717, 1.165) is 63.5 Å². The lowest BCUT2D eigenvalue weighted by atomic mass is 9.92. The molecule has 136 valence electrons. The molecule has 0 saturated carbocycles. The molecule has 1 aromatic rings. The van der Waals surface area contributed by atoms with Gasteiger partial charge in [-0.2, -0.15) is 0 Å². The highest BCUT2D eigenvalue weighted by Gasteiger charge is 2.50. The topological polar surface area (TPSA) is 38.8 Å². The van der Waals surface area contributed by atoms with Crippen LogP contribution in [-0.4, -0.2) is 60.3 Å². The van der Waals surface area contributed by atoms with Gasteiger partial charge in [0.1, 0.15) is 0 Å². The first-order valence-electron chi connectivity index (χ1n) is 9.37. The summed E-state index contributed by atoms with van der Waals surface area (Å²) in [6.45, 7) is 4.42. The fourth-order valence-corrected chi connectivity index (χ4v) is 5.57. The van der Waals surface area contributed by atoms with Gasteiger partial charge in [-0.3, -0.25) is 4.79 Å². The highest BCUT2D eigenvalue weighted by Crippen LogP contribution is 2.46. The van der Waals surface area contributed by atoms with Gasteiger partial charge in [-0.1, -0.05) is 30.3 Å². The van der Waals surface area contributed by atoms with Crippen molar-refractivity contribution in [3.05, 3.63) is 35.9 Å². The molecule has 3 saturated heterocycles. The van der Waals surface area contributed by atoms with Crippen molar-refractivity contribution in [1.82, 2.24) is 4.90 Å². The molecule has 1 atom stereocenters. The van der Waals surface area contributed by atoms with Crippen molar-refractivity contribution in [1.29, 1.82) is 0 Å². The van der Waals surface area contributed by atoms with Gasteiger partial charge in [-0.15, -0.1) is 11.8 Å². The zero-order valence-electron chi connectivity index (χ0n) is 14.7. The number of thioether (sulfide) groups is 1. The lowest BCUT2D eigenvalue weighted by Crippen LogP contribution is -2.61. The molecule has 3 aliphatic heterocycles. The number of carbonyl (C=O) groups is 1. The number of likely N-dealkylation sites (tertiary alicyclic amines) is 1. The SMILES string of the molecule is O=C(Cc1ccccc1)N1CC2(CC(OCC3CCOCC3)CS2)C1. The number of hydrogen-bond donors (Lipinski definition) is 0. The van der Waals surface area contributed by atoms with Crippen LogP contribution in [0.4, 0.5) is 0 Å². The van der Waals surface area contributed by atoms with E-state index in [1.165, 1.54) is 0 Å². The summed E-state index contributed by atoms with van der Waals surface area (Å²) in [5.41, 5.74) is 1.10. The van der Waals surface area contributed by atoms with Crippen LogP contribution < -0.4 is 0 Å². The van der Waals surface area contributed by atoms with Gasteiger partial charge in [-0.05, 0) is 30.7 Å². The minimum Gasteiger partial charge on any atom is -0.381 e. The Labute approximate surface area is 154 Å². The number of ether oxygens (including phenoxy) is 2. The first kappa shape index (κ1) is 17.4. The molecule has 1 unspecified atom stereocenters. The van der Waals surface area contributed by atoms with E-state index < -0.39 is 0 Å². The maximum absolute atomic E-state index is 12.4. The Balaban J connectivity index is 1.20. The molecule has 5 heteroatoms. The van der Waals surface area contributed by atoms with E-state index in [2.05, 4.69) is 0 Å². The predicted molar refractivity (Wildman–Crippen MR) is 99.8 cm³/mol. The molecule has 0 radical (unpaired) electrons. The number of carbonyl (C=O) groups excluding carboxylic acids is 1. The first-order chi connectivity index (χ1) is 12.2. The fraction of sp³-hybridized carbons (Fsp3) is 0.650. The Hall–Kier alpha value is -1.04. The Morgan fingerprint density at radius 2 is 2.00 bits per heavy atom. The summed E-state index contributed by atoms with van der Waals surface area (Å²) in [7, 11) is 0. The molecule has 4 rings (SSSR count). The lowest BCUT2D eigenvalue weighted by molar-refractivity contribution is -0.136. The number of amides is 1. The average Bonchev–Trinajstić information content (AvgIpc) is 3.05. The van der Waals surface area contributed by atoms with Gasteiger partial charge < -0.3 is 14.4 Å². The number of hydrogen-bond acceptors (Lipinski definition) is 4. The molecule has 1 amide bonds. The second-order valence-corrected chi connectivity index (χ2v) is 9.11. The van der Waals surface area contributed by atoms with Crippen LogP contribution in [0.1, 0.15) is 24.8 Å². The summed E-state index contributed by atoms with van der Waals surface area (Å²) in [5, 5.41) is 0. The number of rotatable bonds is 5. The van der Waals surface area contributed by atoms with E-state index in [1.807, 2.05) is 47.0 Å². The Morgan fingerprint density at radius 3 is 2.76 bits per heavy atom. The van der Waals surface area contributed by atoms with E-state index in [-0.39, 0.29) is 10.7 Å². The highest BCUT2D eigenvalue weighted by atomic mass is 32.2. The van der Waals surface area contributed by atoms with Crippen LogP contribution in [0, 0.1) is 5.92 Å². The van der Waals surface area contributed by atoms with Crippen LogP contribution >= 0.6 is 11.8 Å². The summed E-state index contributed by atoms with van der Waals surface area (Å²) in [6, 6.07) is 10.0. The van der Waals surface area contributed by atoms with Crippen LogP contribution in [0.2, 0.25) is 0 Å². The van der Waals surface area contributed by atoms with Crippen LogP contribution in [0.25, 0.3) is 0 Å². The molecule has 25 heavy (non-hydrogen) atoms. The monoisotopic (exact) mass is 361 g/mol. The fourth-order valence-electron chi connectivity index (χ4n) is 4.02. The average molecular weight is 362 g/mol. The Kier molecular flexibility index (Phi) is 5.34. The standard InChI is InChI=1S/C20H27NO3S/c22-19(10-16-4-2-1-3-5-16)21-14-20(15-21)11-18(13-25-20)24-12-17-6-8-23-9-7-17/h1-5,17-18H,6-15H2. The predicted octanol–water partition coefficient (Wildman–Crippen LogP) is 2.76. The van der Waals surface area contributed by atoms with Gasteiger partial charge in [0.15, 0.2) is 0 Å². The van der Waals surface area contributed by atoms with Gasteiger partial charge in [0.05, 0.1) is 17.3 Å². The van der Waals surface area contributed by atoms with Crippen molar-refractivity contribution >= 4 is 17.7 Å². The van der Waals surface area contributed by atoms with Crippen molar-refractivity contribution < 1.29 is 14.3 Å². The number of nitrogens with zero attached hydrogens (tertiary/aromatic N) is 1. The van der Waals surface area contributed by atoms with E-state index >= 15 is 0 Å². The van der Waals surface area contributed by atoms with E-state index in [1.54, 1.807) is 0 Å². The van der Waals surface area contributed by atoms with Crippen molar-refractivity contribution in [3.63, 3.8) is 0 Å². The van der Waals surface area contributed by atoms with E-state index in [0.29, 0.717) is 18.4 Å². The first-order valence-corrected chi connectivity index (χ1v) is 10.4. The smallest absolute Gasteiger partial charge is 0.227 e. The van der Waals surface area contributed by atoms with E-state index in [9.17, 15) is 4.79 Å². The zero-order valence-corrected chi connectivity index (χ0v) is 15.5. The maximum Gasteiger partial charge on any atom is 0.227 e. The van der Waals surface area contributed by atoms with Gasteiger partial charge in [0.2, 0.25) is 5.91 Å². The van der Waals surface area contributed by atoms with Crippen molar-refractivity contribution in [3.8, 4) is 0 Å². The summed E-state index contributed by atoms with van der Waals surface area (Å²) in [6.07, 6.45) is 4.24. The summed E-state index contributed by atoms with van der Waals surface area (Å²) < 4.78 is 11.9. The second kappa shape index (κ2) is 7.68. The molecule has 0 aliphatic carbocycles. The largest absolute Gasteiger partial charge is 0.381 e. The maximum atomic E-state index is 12.4. The molecule has 1 spiro atoms. The van der Waals surface area contributed by atoms with Crippen LogP contribution in [0.15, 0.2) is 30.3 Å². The van der Waals surface area contributed by atoms with Crippen LogP contribution in [-0.2, 0) is 20.7 Å². The van der Waals surface area contributed by atoms with E-state index in [4.69, 9.17) is 9.47 Å². The molecule has 3 fully saturated rings. The molecule has 1 aromatic carbocycles. The van der Waals surface area contributed by atoms with Crippen molar-refractivity contribution in [2.45, 2.75) is 36.5 Å². The molecule has 0 aromatic heterocycles. The van der Waals surface area contributed by atoms with Gasteiger partial charge in [0.25, 0.3) is 0 Å². The van der Waals surface area contributed by atoms with Gasteiger partial charge in [-0.25, -0.2) is 0 Å². The van der Waals surface area contributed by atoms with Gasteiger partial charge >= 0.3 is 0 Å². The third kappa shape index (κ3) is 4.21. The number of benzene rings is 1. The molecular weight excluding hydrogens is 334 g/mol. The highest BCUT2D eigenvalue weighted by molar-refractivity contribution is 8.01. The Bertz CT molecular complexity index is 582. The minimum absolute atomic E-state index is 0.254. The second-order valence-electron chi connectivity index (χ2n) is 7.62. The molecule has 3 aliphatic rings. The lowest BCUT2D eigenvalue weighted by Gasteiger charge is -2.47. The normalized spacial score (nSPS) is 25.9. The molecule has 0 bridgehead atoms. The third-order valence-electron chi connectivity index (χ3n) is 5.59. The molecule has 4 nitrogen and oxygen atoms in total. The quantitative estimate of drug-likeness (QED) is 0.808. The third-order valence-corrected chi connectivity index (χ3v) is 7.17. The minimum atomic E-state index is 0.254. The summed E-state index contributed by atoms with van der Waals surface area (Å²) in [4.78, 5) is 14.4. The molecule has 3 heterocycles. The van der Waals surface area contributed by atoms with Gasteiger partial charge in [0, 0.05) is 38.7 Å². The van der Waals surface area contributed by atoms with Crippen molar-refractivity contribution in [2.75, 3.05) is 38.7 Å². The molecular formula is C20H27NO3S. The van der Waals surface area contributed by atoms with Crippen molar-refractivity contribution in [2.24, 2.45) is 5.92 Å². The summed E-state index contributed by atoms with van der Waals surface area (Å²) >= 11 is 2.01. The van der Waals surface area contributed by atoms with Crippen LogP contribution in [0.3, 0.4) is 0 Å².